The van der Waals surface area contributed by atoms with Crippen LogP contribution in [0.15, 0.2) is 27.8 Å². The minimum absolute atomic E-state index is 0. The molecule has 0 atom stereocenters. The van der Waals surface area contributed by atoms with Crippen molar-refractivity contribution in [3.05, 3.63) is 24.2 Å². The molecule has 0 radical (unpaired) electrons. The van der Waals surface area contributed by atoms with Crippen LogP contribution in [0.25, 0.3) is 0 Å². The highest BCUT2D eigenvalue weighted by Crippen LogP contribution is 2.10. The standard InChI is InChI=1S/C17H27N5O2.HI/c1-2-18-17(19-6-9-20-7-4-8-20)22-12-10-21(11-13-22)16(23)15-5-3-14-24-15;/h3,5,14H,2,4,6-13H2,1H3,(H,18,19);1H. The lowest BCUT2D eigenvalue weighted by Gasteiger charge is -2.36. The van der Waals surface area contributed by atoms with E-state index in [2.05, 4.69) is 22.0 Å². The zero-order chi connectivity index (χ0) is 16.8. The maximum atomic E-state index is 12.3. The molecule has 2 aliphatic heterocycles. The molecule has 25 heavy (non-hydrogen) atoms. The van der Waals surface area contributed by atoms with E-state index >= 15 is 0 Å². The van der Waals surface area contributed by atoms with Crippen molar-refractivity contribution in [1.82, 2.24) is 20.0 Å². The maximum Gasteiger partial charge on any atom is 0.289 e. The molecule has 0 saturated carbocycles. The molecule has 2 aliphatic rings. The van der Waals surface area contributed by atoms with Gasteiger partial charge in [0, 0.05) is 39.3 Å². The van der Waals surface area contributed by atoms with Crippen LogP contribution in [-0.2, 0) is 0 Å². The van der Waals surface area contributed by atoms with Crippen LogP contribution in [0.5, 0.6) is 0 Å². The third-order valence-electron chi connectivity index (χ3n) is 4.56. The number of amides is 1. The van der Waals surface area contributed by atoms with Gasteiger partial charge in [0.2, 0.25) is 0 Å². The number of guanidine groups is 1. The molecule has 0 aliphatic carbocycles. The van der Waals surface area contributed by atoms with E-state index in [4.69, 9.17) is 9.41 Å². The van der Waals surface area contributed by atoms with Gasteiger partial charge in [-0.3, -0.25) is 9.79 Å². The summed E-state index contributed by atoms with van der Waals surface area (Å²) in [5, 5.41) is 3.37. The van der Waals surface area contributed by atoms with E-state index in [1.54, 1.807) is 12.1 Å². The molecule has 0 unspecified atom stereocenters. The first-order valence-corrected chi connectivity index (χ1v) is 8.86. The average molecular weight is 461 g/mol. The van der Waals surface area contributed by atoms with Crippen LogP contribution < -0.4 is 5.32 Å². The number of carbonyl (C=O) groups excluding carboxylic acids is 1. The number of piperazine rings is 1. The SMILES string of the molecule is CCNC(=NCCN1CCC1)N1CCN(C(=O)c2ccco2)CC1.I. The van der Waals surface area contributed by atoms with Crippen molar-refractivity contribution in [2.24, 2.45) is 4.99 Å². The molecule has 3 rings (SSSR count). The van der Waals surface area contributed by atoms with Crippen molar-refractivity contribution in [2.45, 2.75) is 13.3 Å². The zero-order valence-corrected chi connectivity index (χ0v) is 17.1. The Kier molecular flexibility index (Phi) is 8.01. The molecule has 1 aromatic heterocycles. The lowest BCUT2D eigenvalue weighted by Crippen LogP contribution is -2.54. The van der Waals surface area contributed by atoms with Crippen molar-refractivity contribution in [2.75, 3.05) is 58.9 Å². The Hall–Kier alpha value is -1.29. The van der Waals surface area contributed by atoms with E-state index in [1.165, 1.54) is 25.8 Å². The van der Waals surface area contributed by atoms with Gasteiger partial charge in [-0.05, 0) is 38.6 Å². The Morgan fingerprint density at radius 3 is 2.48 bits per heavy atom. The Balaban J connectivity index is 0.00000225. The second-order valence-corrected chi connectivity index (χ2v) is 6.19. The van der Waals surface area contributed by atoms with Crippen LogP contribution in [-0.4, -0.2) is 85.5 Å². The molecular formula is C17H28IN5O2. The van der Waals surface area contributed by atoms with Crippen LogP contribution in [0.1, 0.15) is 23.9 Å². The third kappa shape index (κ3) is 5.34. The summed E-state index contributed by atoms with van der Waals surface area (Å²) < 4.78 is 5.21. The molecule has 1 N–H and O–H groups in total. The van der Waals surface area contributed by atoms with Gasteiger partial charge in [-0.25, -0.2) is 0 Å². The number of hydrogen-bond acceptors (Lipinski definition) is 4. The first-order chi connectivity index (χ1) is 11.8. The van der Waals surface area contributed by atoms with Crippen LogP contribution in [0.3, 0.4) is 0 Å². The Bertz CT molecular complexity index is 551. The smallest absolute Gasteiger partial charge is 0.289 e. The Morgan fingerprint density at radius 2 is 1.92 bits per heavy atom. The van der Waals surface area contributed by atoms with E-state index in [0.29, 0.717) is 18.8 Å². The van der Waals surface area contributed by atoms with Gasteiger partial charge in [-0.2, -0.15) is 0 Å². The largest absolute Gasteiger partial charge is 0.459 e. The predicted molar refractivity (Wildman–Crippen MR) is 109 cm³/mol. The van der Waals surface area contributed by atoms with Crippen molar-refractivity contribution in [3.8, 4) is 0 Å². The molecule has 1 aromatic rings. The Labute approximate surface area is 166 Å². The minimum atomic E-state index is -0.0284. The molecule has 2 saturated heterocycles. The summed E-state index contributed by atoms with van der Waals surface area (Å²) in [4.78, 5) is 23.6. The lowest BCUT2D eigenvalue weighted by atomic mass is 10.2. The number of furan rings is 1. The predicted octanol–water partition coefficient (Wildman–Crippen LogP) is 1.33. The molecule has 140 valence electrons. The van der Waals surface area contributed by atoms with Crippen molar-refractivity contribution < 1.29 is 9.21 Å². The molecule has 0 spiro atoms. The molecule has 7 nitrogen and oxygen atoms in total. The summed E-state index contributed by atoms with van der Waals surface area (Å²) >= 11 is 0. The quantitative estimate of drug-likeness (QED) is 0.407. The summed E-state index contributed by atoms with van der Waals surface area (Å²) in [7, 11) is 0. The highest BCUT2D eigenvalue weighted by molar-refractivity contribution is 14.0. The highest BCUT2D eigenvalue weighted by atomic mass is 127. The van der Waals surface area contributed by atoms with Gasteiger partial charge in [-0.1, -0.05) is 0 Å². The number of nitrogens with zero attached hydrogens (tertiary/aromatic N) is 4. The van der Waals surface area contributed by atoms with Crippen molar-refractivity contribution in [3.63, 3.8) is 0 Å². The number of halogens is 1. The van der Waals surface area contributed by atoms with E-state index in [0.717, 1.165) is 38.7 Å². The van der Waals surface area contributed by atoms with Gasteiger partial charge < -0.3 is 24.4 Å². The highest BCUT2D eigenvalue weighted by Gasteiger charge is 2.25. The normalized spacial score (nSPS) is 18.5. The fraction of sp³-hybridized carbons (Fsp3) is 0.647. The number of carbonyl (C=O) groups is 1. The fourth-order valence-corrected chi connectivity index (χ4v) is 3.01. The van der Waals surface area contributed by atoms with E-state index < -0.39 is 0 Å². The zero-order valence-electron chi connectivity index (χ0n) is 14.8. The molecule has 0 aromatic carbocycles. The third-order valence-corrected chi connectivity index (χ3v) is 4.56. The first kappa shape index (κ1) is 20.0. The van der Waals surface area contributed by atoms with Gasteiger partial charge in [0.1, 0.15) is 0 Å². The Morgan fingerprint density at radius 1 is 1.20 bits per heavy atom. The molecule has 1 amide bonds. The van der Waals surface area contributed by atoms with Gasteiger partial charge in [0.25, 0.3) is 5.91 Å². The average Bonchev–Trinajstić information content (AvgIpc) is 3.10. The van der Waals surface area contributed by atoms with E-state index in [-0.39, 0.29) is 29.9 Å². The number of rotatable bonds is 5. The van der Waals surface area contributed by atoms with Crippen LogP contribution in [0.4, 0.5) is 0 Å². The first-order valence-electron chi connectivity index (χ1n) is 8.86. The maximum absolute atomic E-state index is 12.3. The molecule has 8 heteroatoms. The van der Waals surface area contributed by atoms with Gasteiger partial charge in [0.15, 0.2) is 11.7 Å². The monoisotopic (exact) mass is 461 g/mol. The number of nitrogens with one attached hydrogen (secondary N) is 1. The summed E-state index contributed by atoms with van der Waals surface area (Å²) in [6.07, 6.45) is 2.85. The molecular weight excluding hydrogens is 433 g/mol. The van der Waals surface area contributed by atoms with Gasteiger partial charge in [0.05, 0.1) is 12.8 Å². The molecule has 0 bridgehead atoms. The molecule has 3 heterocycles. The minimum Gasteiger partial charge on any atom is -0.459 e. The van der Waals surface area contributed by atoms with Gasteiger partial charge >= 0.3 is 0 Å². The van der Waals surface area contributed by atoms with E-state index in [9.17, 15) is 4.79 Å². The number of hydrogen-bond donors (Lipinski definition) is 1. The van der Waals surface area contributed by atoms with Crippen LogP contribution in [0, 0.1) is 0 Å². The second-order valence-electron chi connectivity index (χ2n) is 6.19. The van der Waals surface area contributed by atoms with Crippen molar-refractivity contribution in [1.29, 1.82) is 0 Å². The lowest BCUT2D eigenvalue weighted by molar-refractivity contribution is 0.0657. The second kappa shape index (κ2) is 10.0. The van der Waals surface area contributed by atoms with Crippen LogP contribution >= 0.6 is 24.0 Å². The van der Waals surface area contributed by atoms with Crippen LogP contribution in [0.2, 0.25) is 0 Å². The topological polar surface area (TPSA) is 64.3 Å². The summed E-state index contributed by atoms with van der Waals surface area (Å²) in [5.74, 6) is 1.35. The summed E-state index contributed by atoms with van der Waals surface area (Å²) in [6, 6.07) is 3.47. The number of likely N-dealkylation sites (tertiary alicyclic amines) is 1. The summed E-state index contributed by atoms with van der Waals surface area (Å²) in [6.45, 7) is 10.2. The van der Waals surface area contributed by atoms with E-state index in [1.807, 2.05) is 4.90 Å². The van der Waals surface area contributed by atoms with Crippen molar-refractivity contribution >= 4 is 35.8 Å². The van der Waals surface area contributed by atoms with Gasteiger partial charge in [-0.15, -0.1) is 24.0 Å². The number of aliphatic imine (C=N–C) groups is 1. The fourth-order valence-electron chi connectivity index (χ4n) is 3.01. The summed E-state index contributed by atoms with van der Waals surface area (Å²) in [5.41, 5.74) is 0. The molecule has 2 fully saturated rings.